The number of carbonyl (C=O) groups excluding carboxylic acids is 2. The van der Waals surface area contributed by atoms with Gasteiger partial charge in [0.1, 0.15) is 0 Å². The molecule has 0 aromatic carbocycles. The van der Waals surface area contributed by atoms with Crippen molar-refractivity contribution in [1.82, 2.24) is 20.8 Å². The van der Waals surface area contributed by atoms with Crippen LogP contribution in [0.3, 0.4) is 0 Å². The number of hydrogen-bond acceptors (Lipinski definition) is 4. The Morgan fingerprint density at radius 2 is 2.35 bits per heavy atom. The number of H-pyrrole nitrogens is 1. The van der Waals surface area contributed by atoms with E-state index in [2.05, 4.69) is 20.8 Å². The molecule has 2 aliphatic rings. The summed E-state index contributed by atoms with van der Waals surface area (Å²) in [5, 5.41) is 12.3. The first-order valence-electron chi connectivity index (χ1n) is 6.94. The monoisotopic (exact) mass is 278 g/mol. The Bertz CT molecular complexity index is 482. The van der Waals surface area contributed by atoms with Crippen LogP contribution >= 0.6 is 0 Å². The Labute approximate surface area is 116 Å². The van der Waals surface area contributed by atoms with Crippen LogP contribution in [-0.4, -0.2) is 46.8 Å². The molecule has 108 valence electrons. The molecule has 2 fully saturated rings. The second-order valence-electron chi connectivity index (χ2n) is 5.25. The Morgan fingerprint density at radius 1 is 1.45 bits per heavy atom. The summed E-state index contributed by atoms with van der Waals surface area (Å²) in [7, 11) is 0. The van der Waals surface area contributed by atoms with Crippen LogP contribution < -0.4 is 10.6 Å². The van der Waals surface area contributed by atoms with Gasteiger partial charge >= 0.3 is 0 Å². The fourth-order valence-corrected chi connectivity index (χ4v) is 2.85. The normalized spacial score (nSPS) is 30.0. The van der Waals surface area contributed by atoms with Crippen LogP contribution in [-0.2, 0) is 9.53 Å². The molecule has 3 N–H and O–H groups in total. The molecule has 3 rings (SSSR count). The number of amides is 2. The van der Waals surface area contributed by atoms with Gasteiger partial charge in [-0.3, -0.25) is 14.7 Å². The van der Waals surface area contributed by atoms with Gasteiger partial charge in [-0.05, 0) is 19.3 Å². The highest BCUT2D eigenvalue weighted by molar-refractivity contribution is 5.94. The molecule has 0 saturated carbocycles. The number of ether oxygens (including phenoxy) is 1. The molecular weight excluding hydrogens is 260 g/mol. The third-order valence-corrected chi connectivity index (χ3v) is 3.89. The molecule has 3 atom stereocenters. The smallest absolute Gasteiger partial charge is 0.254 e. The van der Waals surface area contributed by atoms with Gasteiger partial charge in [0.15, 0.2) is 0 Å². The van der Waals surface area contributed by atoms with Crippen LogP contribution in [0.15, 0.2) is 12.4 Å². The molecule has 7 nitrogen and oxygen atoms in total. The first-order valence-corrected chi connectivity index (χ1v) is 6.94. The van der Waals surface area contributed by atoms with Crippen LogP contribution in [0.2, 0.25) is 0 Å². The fourth-order valence-electron chi connectivity index (χ4n) is 2.85. The number of nitrogens with zero attached hydrogens (tertiary/aromatic N) is 1. The Morgan fingerprint density at radius 3 is 3.05 bits per heavy atom. The number of carbonyl (C=O) groups is 2. The van der Waals surface area contributed by atoms with Gasteiger partial charge in [-0.15, -0.1) is 0 Å². The number of hydrogen-bond donors (Lipinski definition) is 3. The van der Waals surface area contributed by atoms with E-state index in [0.717, 1.165) is 19.4 Å². The summed E-state index contributed by atoms with van der Waals surface area (Å²) in [6.07, 6.45) is 6.02. The van der Waals surface area contributed by atoms with Crippen molar-refractivity contribution in [1.29, 1.82) is 0 Å². The first-order chi connectivity index (χ1) is 9.74. The van der Waals surface area contributed by atoms with Crippen LogP contribution in [0.5, 0.6) is 0 Å². The predicted molar refractivity (Wildman–Crippen MR) is 70.0 cm³/mol. The SMILES string of the molecule is O=C1CC[C@H](NC(=O)c2cn[nH]c2)[C@@H](C2CCCO2)N1. The van der Waals surface area contributed by atoms with Crippen molar-refractivity contribution in [3.8, 4) is 0 Å². The quantitative estimate of drug-likeness (QED) is 0.723. The van der Waals surface area contributed by atoms with E-state index in [0.29, 0.717) is 18.4 Å². The molecule has 0 radical (unpaired) electrons. The van der Waals surface area contributed by atoms with E-state index in [1.165, 1.54) is 6.20 Å². The van der Waals surface area contributed by atoms with E-state index < -0.39 is 0 Å². The summed E-state index contributed by atoms with van der Waals surface area (Å²) >= 11 is 0. The summed E-state index contributed by atoms with van der Waals surface area (Å²) in [6.45, 7) is 0.722. The zero-order chi connectivity index (χ0) is 13.9. The van der Waals surface area contributed by atoms with Gasteiger partial charge in [0.2, 0.25) is 5.91 Å². The summed E-state index contributed by atoms with van der Waals surface area (Å²) < 4.78 is 5.66. The standard InChI is InChI=1S/C13H18N4O3/c18-11-4-3-9(12(17-11)10-2-1-5-20-10)16-13(19)8-6-14-15-7-8/h6-7,9-10,12H,1-5H2,(H,14,15)(H,16,19)(H,17,18)/t9-,10?,12-/m0/s1. The summed E-state index contributed by atoms with van der Waals surface area (Å²) in [5.41, 5.74) is 0.494. The predicted octanol–water partition coefficient (Wildman–Crippen LogP) is -0.0343. The number of aromatic amines is 1. The van der Waals surface area contributed by atoms with Gasteiger partial charge < -0.3 is 15.4 Å². The van der Waals surface area contributed by atoms with Crippen molar-refractivity contribution in [2.45, 2.75) is 43.9 Å². The number of piperidine rings is 1. The minimum Gasteiger partial charge on any atom is -0.376 e. The van der Waals surface area contributed by atoms with Crippen molar-refractivity contribution >= 4 is 11.8 Å². The second kappa shape index (κ2) is 5.62. The molecule has 0 aliphatic carbocycles. The average Bonchev–Trinajstić information content (AvgIpc) is 3.13. The maximum atomic E-state index is 12.1. The molecular formula is C13H18N4O3. The first kappa shape index (κ1) is 13.1. The van der Waals surface area contributed by atoms with Crippen molar-refractivity contribution in [2.24, 2.45) is 0 Å². The summed E-state index contributed by atoms with van der Waals surface area (Å²) in [5.74, 6) is -0.151. The number of rotatable bonds is 3. The van der Waals surface area contributed by atoms with E-state index in [1.807, 2.05) is 0 Å². The third-order valence-electron chi connectivity index (χ3n) is 3.89. The molecule has 20 heavy (non-hydrogen) atoms. The lowest BCUT2D eigenvalue weighted by atomic mass is 9.92. The topological polar surface area (TPSA) is 96.1 Å². The van der Waals surface area contributed by atoms with Crippen molar-refractivity contribution in [3.63, 3.8) is 0 Å². The summed E-state index contributed by atoms with van der Waals surface area (Å²) in [4.78, 5) is 23.7. The second-order valence-corrected chi connectivity index (χ2v) is 5.25. The lowest BCUT2D eigenvalue weighted by Gasteiger charge is -2.35. The molecule has 7 heteroatoms. The summed E-state index contributed by atoms with van der Waals surface area (Å²) in [6, 6.07) is -0.243. The van der Waals surface area contributed by atoms with Gasteiger partial charge in [0, 0.05) is 19.2 Å². The average molecular weight is 278 g/mol. The van der Waals surface area contributed by atoms with Gasteiger partial charge in [0.05, 0.1) is 29.9 Å². The van der Waals surface area contributed by atoms with Crippen LogP contribution in [0.25, 0.3) is 0 Å². The van der Waals surface area contributed by atoms with Gasteiger partial charge in [-0.1, -0.05) is 0 Å². The Kier molecular flexibility index (Phi) is 3.68. The highest BCUT2D eigenvalue weighted by Gasteiger charge is 2.37. The van der Waals surface area contributed by atoms with Gasteiger partial charge in [-0.2, -0.15) is 5.10 Å². The van der Waals surface area contributed by atoms with Crippen molar-refractivity contribution in [3.05, 3.63) is 18.0 Å². The zero-order valence-corrected chi connectivity index (χ0v) is 11.1. The third kappa shape index (κ3) is 2.67. The molecule has 1 unspecified atom stereocenters. The maximum absolute atomic E-state index is 12.1. The molecule has 2 saturated heterocycles. The van der Waals surface area contributed by atoms with E-state index in [1.54, 1.807) is 6.20 Å². The molecule has 0 bridgehead atoms. The molecule has 3 heterocycles. The van der Waals surface area contributed by atoms with Crippen LogP contribution in [0.1, 0.15) is 36.0 Å². The molecule has 1 aromatic heterocycles. The van der Waals surface area contributed by atoms with Gasteiger partial charge in [-0.25, -0.2) is 0 Å². The van der Waals surface area contributed by atoms with Crippen molar-refractivity contribution in [2.75, 3.05) is 6.61 Å². The zero-order valence-electron chi connectivity index (χ0n) is 11.1. The highest BCUT2D eigenvalue weighted by Crippen LogP contribution is 2.22. The van der Waals surface area contributed by atoms with E-state index in [-0.39, 0.29) is 30.0 Å². The highest BCUT2D eigenvalue weighted by atomic mass is 16.5. The van der Waals surface area contributed by atoms with E-state index in [4.69, 9.17) is 4.74 Å². The van der Waals surface area contributed by atoms with E-state index in [9.17, 15) is 9.59 Å². The largest absolute Gasteiger partial charge is 0.376 e. The lowest BCUT2D eigenvalue weighted by molar-refractivity contribution is -0.125. The van der Waals surface area contributed by atoms with Gasteiger partial charge in [0.25, 0.3) is 5.91 Å². The number of aromatic nitrogens is 2. The van der Waals surface area contributed by atoms with Crippen molar-refractivity contribution < 1.29 is 14.3 Å². The minimum absolute atomic E-state index is 0.00565. The van der Waals surface area contributed by atoms with Crippen LogP contribution in [0, 0.1) is 0 Å². The molecule has 2 amide bonds. The minimum atomic E-state index is -0.178. The van der Waals surface area contributed by atoms with Crippen LogP contribution in [0.4, 0.5) is 0 Å². The molecule has 0 spiro atoms. The lowest BCUT2D eigenvalue weighted by Crippen LogP contribution is -2.60. The maximum Gasteiger partial charge on any atom is 0.254 e. The number of nitrogens with one attached hydrogen (secondary N) is 3. The molecule has 1 aromatic rings. The Balaban J connectivity index is 1.68. The molecule has 2 aliphatic heterocycles. The van der Waals surface area contributed by atoms with E-state index >= 15 is 0 Å². The fraction of sp³-hybridized carbons (Fsp3) is 0.615. The Hall–Kier alpha value is -1.89.